The predicted molar refractivity (Wildman–Crippen MR) is 72.2 cm³/mol. The molecule has 7 heteroatoms. The fraction of sp³-hybridized carbons (Fsp3) is 0.545. The molecule has 1 aromatic rings. The Hall–Kier alpha value is -0.920. The number of rotatable bonds is 5. The highest BCUT2D eigenvalue weighted by Crippen LogP contribution is 2.20. The molecule has 0 radical (unpaired) electrons. The van der Waals surface area contributed by atoms with Crippen LogP contribution in [0.4, 0.5) is 0 Å². The molecule has 1 amide bonds. The third-order valence-corrected chi connectivity index (χ3v) is 4.84. The van der Waals surface area contributed by atoms with Crippen LogP contribution in [0.15, 0.2) is 15.7 Å². The number of amides is 1. The average Bonchev–Trinajstić information content (AvgIpc) is 2.73. The van der Waals surface area contributed by atoms with E-state index in [0.29, 0.717) is 12.1 Å². The second-order valence-electron chi connectivity index (χ2n) is 4.29. The Morgan fingerprint density at radius 3 is 2.50 bits per heavy atom. The standard InChI is InChI=1S/C11H18N2O3S2/c1-4-5-13(8(2)3)11(14)9-6-10(17-7-9)18(12,15)16/h6-8H,4-5H2,1-3H3,(H2,12,15,16). The van der Waals surface area contributed by atoms with E-state index in [0.717, 1.165) is 17.8 Å². The lowest BCUT2D eigenvalue weighted by Crippen LogP contribution is -2.37. The molecule has 0 aliphatic heterocycles. The number of carbonyl (C=O) groups is 1. The molecule has 0 saturated heterocycles. The van der Waals surface area contributed by atoms with Gasteiger partial charge < -0.3 is 4.90 Å². The van der Waals surface area contributed by atoms with E-state index in [2.05, 4.69) is 0 Å². The van der Waals surface area contributed by atoms with Gasteiger partial charge in [-0.25, -0.2) is 13.6 Å². The number of nitrogens with two attached hydrogens (primary N) is 1. The number of primary sulfonamides is 1. The summed E-state index contributed by atoms with van der Waals surface area (Å²) in [4.78, 5) is 13.9. The Morgan fingerprint density at radius 1 is 1.50 bits per heavy atom. The zero-order valence-corrected chi connectivity index (χ0v) is 12.3. The fourth-order valence-corrected chi connectivity index (χ4v) is 3.16. The van der Waals surface area contributed by atoms with Gasteiger partial charge in [0.05, 0.1) is 5.56 Å². The van der Waals surface area contributed by atoms with E-state index in [1.54, 1.807) is 4.90 Å². The number of sulfonamides is 1. The summed E-state index contributed by atoms with van der Waals surface area (Å²) in [5, 5.41) is 6.56. The molecule has 0 saturated carbocycles. The Morgan fingerprint density at radius 2 is 2.11 bits per heavy atom. The van der Waals surface area contributed by atoms with E-state index in [4.69, 9.17) is 5.14 Å². The number of hydrogen-bond acceptors (Lipinski definition) is 4. The van der Waals surface area contributed by atoms with E-state index >= 15 is 0 Å². The Labute approximate surface area is 112 Å². The SMILES string of the molecule is CCCN(C(=O)c1csc(S(N)(=O)=O)c1)C(C)C. The van der Waals surface area contributed by atoms with Crippen LogP contribution in [-0.2, 0) is 10.0 Å². The molecule has 0 spiro atoms. The number of carbonyl (C=O) groups excluding carboxylic acids is 1. The molecule has 1 aromatic heterocycles. The Bertz CT molecular complexity index is 520. The van der Waals surface area contributed by atoms with Gasteiger partial charge in [-0.1, -0.05) is 6.92 Å². The van der Waals surface area contributed by atoms with Crippen molar-refractivity contribution in [2.24, 2.45) is 5.14 Å². The Kier molecular flexibility index (Phi) is 4.89. The number of nitrogens with zero attached hydrogens (tertiary/aromatic N) is 1. The maximum absolute atomic E-state index is 12.2. The van der Waals surface area contributed by atoms with Crippen molar-refractivity contribution in [3.05, 3.63) is 17.0 Å². The highest BCUT2D eigenvalue weighted by atomic mass is 32.2. The summed E-state index contributed by atoms with van der Waals surface area (Å²) in [5.41, 5.74) is 0.381. The summed E-state index contributed by atoms with van der Waals surface area (Å²) in [5.74, 6) is -0.155. The van der Waals surface area contributed by atoms with Crippen LogP contribution in [0.25, 0.3) is 0 Å². The first kappa shape index (κ1) is 15.1. The van der Waals surface area contributed by atoms with Crippen molar-refractivity contribution in [2.45, 2.75) is 37.4 Å². The van der Waals surface area contributed by atoms with Crippen molar-refractivity contribution in [3.8, 4) is 0 Å². The van der Waals surface area contributed by atoms with Gasteiger partial charge in [0.2, 0.25) is 10.0 Å². The van der Waals surface area contributed by atoms with Gasteiger partial charge in [-0.05, 0) is 26.3 Å². The molecule has 5 nitrogen and oxygen atoms in total. The first-order valence-electron chi connectivity index (χ1n) is 5.69. The van der Waals surface area contributed by atoms with Crippen molar-refractivity contribution in [3.63, 3.8) is 0 Å². The third-order valence-electron chi connectivity index (χ3n) is 2.45. The molecule has 2 N–H and O–H groups in total. The van der Waals surface area contributed by atoms with Crippen molar-refractivity contribution < 1.29 is 13.2 Å². The minimum atomic E-state index is -3.73. The highest BCUT2D eigenvalue weighted by Gasteiger charge is 2.21. The lowest BCUT2D eigenvalue weighted by Gasteiger charge is -2.25. The summed E-state index contributed by atoms with van der Waals surface area (Å²) in [7, 11) is -3.73. The van der Waals surface area contributed by atoms with E-state index in [1.165, 1.54) is 11.4 Å². The van der Waals surface area contributed by atoms with E-state index in [1.807, 2.05) is 20.8 Å². The molecule has 1 rings (SSSR count). The third kappa shape index (κ3) is 3.54. The summed E-state index contributed by atoms with van der Waals surface area (Å²) in [6.45, 7) is 6.50. The number of hydrogen-bond donors (Lipinski definition) is 1. The summed E-state index contributed by atoms with van der Waals surface area (Å²) < 4.78 is 22.3. The van der Waals surface area contributed by atoms with Gasteiger partial charge in [0, 0.05) is 18.0 Å². The van der Waals surface area contributed by atoms with E-state index in [9.17, 15) is 13.2 Å². The van der Waals surface area contributed by atoms with Crippen LogP contribution in [0.5, 0.6) is 0 Å². The van der Waals surface area contributed by atoms with Gasteiger partial charge in [0.15, 0.2) is 0 Å². The minimum absolute atomic E-state index is 0.0195. The largest absolute Gasteiger partial charge is 0.336 e. The smallest absolute Gasteiger partial charge is 0.254 e. The molecule has 18 heavy (non-hydrogen) atoms. The normalized spacial score (nSPS) is 11.8. The molecule has 0 aliphatic carbocycles. The minimum Gasteiger partial charge on any atom is -0.336 e. The summed E-state index contributed by atoms with van der Waals surface area (Å²) >= 11 is 0.972. The first-order valence-corrected chi connectivity index (χ1v) is 8.12. The maximum atomic E-state index is 12.2. The van der Waals surface area contributed by atoms with Crippen molar-refractivity contribution >= 4 is 27.3 Å². The van der Waals surface area contributed by atoms with Crippen LogP contribution in [-0.4, -0.2) is 31.8 Å². The summed E-state index contributed by atoms with van der Waals surface area (Å²) in [6.07, 6.45) is 0.857. The lowest BCUT2D eigenvalue weighted by molar-refractivity contribution is 0.0706. The van der Waals surface area contributed by atoms with Crippen molar-refractivity contribution in [2.75, 3.05) is 6.54 Å². The topological polar surface area (TPSA) is 80.5 Å². The lowest BCUT2D eigenvalue weighted by atomic mass is 10.2. The molecule has 0 unspecified atom stereocenters. The zero-order valence-electron chi connectivity index (χ0n) is 10.7. The van der Waals surface area contributed by atoms with Gasteiger partial charge in [-0.15, -0.1) is 11.3 Å². The Balaban J connectivity index is 2.99. The van der Waals surface area contributed by atoms with Gasteiger partial charge >= 0.3 is 0 Å². The van der Waals surface area contributed by atoms with Crippen molar-refractivity contribution in [1.82, 2.24) is 4.90 Å². The van der Waals surface area contributed by atoms with Crippen molar-refractivity contribution in [1.29, 1.82) is 0 Å². The molecule has 0 atom stereocenters. The molecular formula is C11H18N2O3S2. The van der Waals surface area contributed by atoms with Crippen LogP contribution < -0.4 is 5.14 Å². The van der Waals surface area contributed by atoms with Crippen LogP contribution in [0.1, 0.15) is 37.6 Å². The van der Waals surface area contributed by atoms with E-state index < -0.39 is 10.0 Å². The van der Waals surface area contributed by atoms with E-state index in [-0.39, 0.29) is 16.2 Å². The molecule has 0 aliphatic rings. The van der Waals surface area contributed by atoms with Gasteiger partial charge in [-0.3, -0.25) is 4.79 Å². The van der Waals surface area contributed by atoms with Crippen LogP contribution >= 0.6 is 11.3 Å². The van der Waals surface area contributed by atoms with Gasteiger partial charge in [0.1, 0.15) is 4.21 Å². The first-order chi connectivity index (χ1) is 8.27. The second-order valence-corrected chi connectivity index (χ2v) is 6.99. The molecular weight excluding hydrogens is 272 g/mol. The van der Waals surface area contributed by atoms with Gasteiger partial charge in [0.25, 0.3) is 5.91 Å². The fourth-order valence-electron chi connectivity index (χ4n) is 1.58. The second kappa shape index (κ2) is 5.81. The molecule has 0 fully saturated rings. The predicted octanol–water partition coefficient (Wildman–Crippen LogP) is 1.66. The monoisotopic (exact) mass is 290 g/mol. The zero-order chi connectivity index (χ0) is 13.9. The maximum Gasteiger partial charge on any atom is 0.254 e. The van der Waals surface area contributed by atoms with Crippen LogP contribution in [0.3, 0.4) is 0 Å². The average molecular weight is 290 g/mol. The van der Waals surface area contributed by atoms with Crippen LogP contribution in [0.2, 0.25) is 0 Å². The molecule has 1 heterocycles. The molecule has 102 valence electrons. The molecule has 0 bridgehead atoms. The van der Waals surface area contributed by atoms with Gasteiger partial charge in [-0.2, -0.15) is 0 Å². The number of thiophene rings is 1. The summed E-state index contributed by atoms with van der Waals surface area (Å²) in [6, 6.07) is 1.42. The highest BCUT2D eigenvalue weighted by molar-refractivity contribution is 7.91. The quantitative estimate of drug-likeness (QED) is 0.895. The molecule has 0 aromatic carbocycles. The van der Waals surface area contributed by atoms with Crippen LogP contribution in [0, 0.1) is 0 Å².